The molecule has 6 heteroatoms. The Bertz CT molecular complexity index is 386. The molecule has 0 aliphatic carbocycles. The van der Waals surface area contributed by atoms with E-state index in [2.05, 4.69) is 12.2 Å². The standard InChI is InChI=1S/C19H36N2O4/c1-3-5-6-7-8-9-10-11-12-13-18(23)21-16(14-15-17(20)22)19(24)25-4-2/h16H,3-15H2,1-2H3,(H2,20,22)(H,21,23)/t16-/m0/s1. The van der Waals surface area contributed by atoms with Crippen LogP contribution in [-0.4, -0.2) is 30.4 Å². The molecular weight excluding hydrogens is 320 g/mol. The van der Waals surface area contributed by atoms with Crippen LogP contribution in [0.25, 0.3) is 0 Å². The summed E-state index contributed by atoms with van der Waals surface area (Å²) in [6, 6.07) is -0.793. The smallest absolute Gasteiger partial charge is 0.328 e. The maximum atomic E-state index is 12.0. The topological polar surface area (TPSA) is 98.5 Å². The molecule has 0 saturated carbocycles. The first-order valence-corrected chi connectivity index (χ1v) is 9.75. The summed E-state index contributed by atoms with van der Waals surface area (Å²) < 4.78 is 4.93. The molecular formula is C19H36N2O4. The van der Waals surface area contributed by atoms with E-state index in [1.165, 1.54) is 38.5 Å². The van der Waals surface area contributed by atoms with E-state index < -0.39 is 17.9 Å². The zero-order chi connectivity index (χ0) is 18.9. The minimum Gasteiger partial charge on any atom is -0.464 e. The van der Waals surface area contributed by atoms with Crippen LogP contribution in [-0.2, 0) is 19.1 Å². The Labute approximate surface area is 152 Å². The number of carbonyl (C=O) groups is 3. The van der Waals surface area contributed by atoms with Crippen molar-refractivity contribution in [1.82, 2.24) is 5.32 Å². The number of primary amides is 1. The molecule has 146 valence electrons. The van der Waals surface area contributed by atoms with Crippen LogP contribution in [0.2, 0.25) is 0 Å². The summed E-state index contributed by atoms with van der Waals surface area (Å²) in [4.78, 5) is 34.7. The molecule has 0 spiro atoms. The lowest BCUT2D eigenvalue weighted by atomic mass is 10.1. The maximum Gasteiger partial charge on any atom is 0.328 e. The second-order valence-corrected chi connectivity index (χ2v) is 6.46. The van der Waals surface area contributed by atoms with Gasteiger partial charge >= 0.3 is 5.97 Å². The highest BCUT2D eigenvalue weighted by molar-refractivity contribution is 5.85. The Hall–Kier alpha value is -1.59. The fraction of sp³-hybridized carbons (Fsp3) is 0.842. The first-order valence-electron chi connectivity index (χ1n) is 9.75. The number of hydrogen-bond donors (Lipinski definition) is 2. The van der Waals surface area contributed by atoms with Gasteiger partial charge in [-0.05, 0) is 19.8 Å². The van der Waals surface area contributed by atoms with Crippen LogP contribution < -0.4 is 11.1 Å². The fourth-order valence-electron chi connectivity index (χ4n) is 2.64. The molecule has 0 heterocycles. The van der Waals surface area contributed by atoms with Gasteiger partial charge in [-0.1, -0.05) is 58.3 Å². The highest BCUT2D eigenvalue weighted by Crippen LogP contribution is 2.10. The second kappa shape index (κ2) is 15.9. The van der Waals surface area contributed by atoms with Crippen LogP contribution in [0.3, 0.4) is 0 Å². The number of esters is 1. The Morgan fingerprint density at radius 3 is 1.96 bits per heavy atom. The van der Waals surface area contributed by atoms with Gasteiger partial charge in [0.25, 0.3) is 0 Å². The van der Waals surface area contributed by atoms with Crippen molar-refractivity contribution < 1.29 is 19.1 Å². The summed E-state index contributed by atoms with van der Waals surface area (Å²) in [6.07, 6.45) is 11.3. The van der Waals surface area contributed by atoms with Gasteiger partial charge in [-0.15, -0.1) is 0 Å². The van der Waals surface area contributed by atoms with E-state index in [-0.39, 0.29) is 25.4 Å². The van der Waals surface area contributed by atoms with Crippen molar-refractivity contribution >= 4 is 17.8 Å². The molecule has 6 nitrogen and oxygen atoms in total. The Balaban J connectivity index is 3.89. The highest BCUT2D eigenvalue weighted by atomic mass is 16.5. The number of nitrogens with two attached hydrogens (primary N) is 1. The molecule has 0 saturated heterocycles. The van der Waals surface area contributed by atoms with E-state index in [1.54, 1.807) is 6.92 Å². The zero-order valence-corrected chi connectivity index (χ0v) is 16.0. The predicted molar refractivity (Wildman–Crippen MR) is 98.8 cm³/mol. The number of hydrogen-bond acceptors (Lipinski definition) is 4. The predicted octanol–water partition coefficient (Wildman–Crippen LogP) is 3.22. The maximum absolute atomic E-state index is 12.0. The molecule has 0 aromatic carbocycles. The lowest BCUT2D eigenvalue weighted by Gasteiger charge is -2.16. The van der Waals surface area contributed by atoms with Crippen LogP contribution in [0.15, 0.2) is 0 Å². The van der Waals surface area contributed by atoms with E-state index in [0.717, 1.165) is 19.3 Å². The number of carbonyl (C=O) groups excluding carboxylic acids is 3. The van der Waals surface area contributed by atoms with Gasteiger partial charge in [0, 0.05) is 12.8 Å². The second-order valence-electron chi connectivity index (χ2n) is 6.46. The lowest BCUT2D eigenvalue weighted by molar-refractivity contribution is -0.147. The molecule has 0 aromatic rings. The van der Waals surface area contributed by atoms with Crippen LogP contribution in [0.1, 0.15) is 90.9 Å². The zero-order valence-electron chi connectivity index (χ0n) is 16.0. The third-order valence-corrected chi connectivity index (χ3v) is 4.09. The van der Waals surface area contributed by atoms with Gasteiger partial charge in [0.2, 0.25) is 11.8 Å². The summed E-state index contributed by atoms with van der Waals surface area (Å²) in [5.41, 5.74) is 5.11. The number of nitrogens with one attached hydrogen (secondary N) is 1. The summed E-state index contributed by atoms with van der Waals surface area (Å²) >= 11 is 0. The number of amides is 2. The van der Waals surface area contributed by atoms with E-state index in [9.17, 15) is 14.4 Å². The Kier molecular flexibility index (Phi) is 14.9. The first-order chi connectivity index (χ1) is 12.0. The average molecular weight is 357 g/mol. The van der Waals surface area contributed by atoms with Crippen molar-refractivity contribution in [3.8, 4) is 0 Å². The van der Waals surface area contributed by atoms with Gasteiger partial charge in [0.05, 0.1) is 6.61 Å². The number of unbranched alkanes of at least 4 members (excludes halogenated alkanes) is 8. The minimum absolute atomic E-state index is 0.0434. The molecule has 0 fully saturated rings. The van der Waals surface area contributed by atoms with E-state index in [0.29, 0.717) is 6.42 Å². The number of rotatable bonds is 16. The van der Waals surface area contributed by atoms with Gasteiger partial charge in [0.1, 0.15) is 6.04 Å². The summed E-state index contributed by atoms with van der Waals surface area (Å²) in [5.74, 6) is -1.18. The van der Waals surface area contributed by atoms with Crippen molar-refractivity contribution in [1.29, 1.82) is 0 Å². The lowest BCUT2D eigenvalue weighted by Crippen LogP contribution is -2.42. The molecule has 3 N–H and O–H groups in total. The van der Waals surface area contributed by atoms with Crippen molar-refractivity contribution in [2.75, 3.05) is 6.61 Å². The largest absolute Gasteiger partial charge is 0.464 e. The molecule has 25 heavy (non-hydrogen) atoms. The van der Waals surface area contributed by atoms with Crippen molar-refractivity contribution in [2.24, 2.45) is 5.73 Å². The van der Waals surface area contributed by atoms with E-state index in [4.69, 9.17) is 10.5 Å². The first kappa shape index (κ1) is 23.4. The molecule has 0 unspecified atom stereocenters. The van der Waals surface area contributed by atoms with Crippen LogP contribution >= 0.6 is 0 Å². The molecule has 2 amide bonds. The minimum atomic E-state index is -0.793. The highest BCUT2D eigenvalue weighted by Gasteiger charge is 2.22. The molecule has 0 aromatic heterocycles. The van der Waals surface area contributed by atoms with Crippen LogP contribution in [0.4, 0.5) is 0 Å². The molecule has 1 atom stereocenters. The third-order valence-electron chi connectivity index (χ3n) is 4.09. The molecule has 0 aliphatic rings. The van der Waals surface area contributed by atoms with Crippen LogP contribution in [0.5, 0.6) is 0 Å². The Morgan fingerprint density at radius 1 is 0.880 bits per heavy atom. The van der Waals surface area contributed by atoms with Crippen molar-refractivity contribution in [3.05, 3.63) is 0 Å². The summed E-state index contributed by atoms with van der Waals surface area (Å²) in [6.45, 7) is 4.15. The molecule has 0 rings (SSSR count). The average Bonchev–Trinajstić information content (AvgIpc) is 2.57. The van der Waals surface area contributed by atoms with E-state index >= 15 is 0 Å². The fourth-order valence-corrected chi connectivity index (χ4v) is 2.64. The monoisotopic (exact) mass is 356 g/mol. The quantitative estimate of drug-likeness (QED) is 0.328. The van der Waals surface area contributed by atoms with E-state index in [1.807, 2.05) is 0 Å². The van der Waals surface area contributed by atoms with Gasteiger partial charge in [-0.2, -0.15) is 0 Å². The number of ether oxygens (including phenoxy) is 1. The Morgan fingerprint density at radius 2 is 1.44 bits per heavy atom. The van der Waals surface area contributed by atoms with Crippen molar-refractivity contribution in [3.63, 3.8) is 0 Å². The van der Waals surface area contributed by atoms with Gasteiger partial charge in [0.15, 0.2) is 0 Å². The van der Waals surface area contributed by atoms with Gasteiger partial charge in [-0.3, -0.25) is 9.59 Å². The van der Waals surface area contributed by atoms with Gasteiger partial charge in [-0.25, -0.2) is 4.79 Å². The molecule has 0 radical (unpaired) electrons. The SMILES string of the molecule is CCCCCCCCCCCC(=O)N[C@@H](CCC(N)=O)C(=O)OCC. The van der Waals surface area contributed by atoms with Crippen LogP contribution in [0, 0.1) is 0 Å². The normalized spacial score (nSPS) is 11.8. The summed E-state index contributed by atoms with van der Waals surface area (Å²) in [7, 11) is 0. The molecule has 0 aliphatic heterocycles. The molecule has 0 bridgehead atoms. The third kappa shape index (κ3) is 14.5. The summed E-state index contributed by atoms with van der Waals surface area (Å²) in [5, 5.41) is 2.66. The van der Waals surface area contributed by atoms with Crippen molar-refractivity contribution in [2.45, 2.75) is 96.9 Å². The van der Waals surface area contributed by atoms with Gasteiger partial charge < -0.3 is 15.8 Å².